The molecule has 2 unspecified atom stereocenters. The van der Waals surface area contributed by atoms with E-state index >= 15 is 0 Å². The second kappa shape index (κ2) is 7.23. The van der Waals surface area contributed by atoms with Crippen LogP contribution in [0.1, 0.15) is 26.7 Å². The van der Waals surface area contributed by atoms with E-state index in [1.165, 1.54) is 7.11 Å². The van der Waals surface area contributed by atoms with E-state index in [2.05, 4.69) is 4.74 Å². The van der Waals surface area contributed by atoms with Gasteiger partial charge >= 0.3 is 11.9 Å². The molecule has 5 heteroatoms. The third kappa shape index (κ3) is 6.06. The van der Waals surface area contributed by atoms with Crippen LogP contribution in [0.2, 0.25) is 0 Å². The molecule has 0 aliphatic heterocycles. The number of ether oxygens (including phenoxy) is 2. The second-order valence-electron chi connectivity index (χ2n) is 3.30. The van der Waals surface area contributed by atoms with E-state index in [1.54, 1.807) is 6.92 Å². The molecule has 0 saturated carbocycles. The van der Waals surface area contributed by atoms with Crippen LogP contribution < -0.4 is 0 Å². The van der Waals surface area contributed by atoms with Crippen LogP contribution in [0, 0.1) is 5.92 Å². The molecule has 0 radical (unpaired) electrons. The summed E-state index contributed by atoms with van der Waals surface area (Å²) in [5.74, 6) is -1.68. The zero-order valence-corrected chi connectivity index (χ0v) is 9.36. The Balaban J connectivity index is 4.28. The lowest BCUT2D eigenvalue weighted by Gasteiger charge is -2.21. The fraction of sp³-hybridized carbons (Fsp3) is 0.800. The Morgan fingerprint density at radius 3 is 2.33 bits per heavy atom. The molecule has 5 nitrogen and oxygen atoms in total. The molecule has 0 rings (SSSR count). The van der Waals surface area contributed by atoms with Crippen LogP contribution in [0.4, 0.5) is 0 Å². The van der Waals surface area contributed by atoms with Gasteiger partial charge in [0.05, 0.1) is 26.1 Å². The van der Waals surface area contributed by atoms with Gasteiger partial charge in [0.15, 0.2) is 0 Å². The number of hydrogen-bond acceptors (Lipinski definition) is 4. The summed E-state index contributed by atoms with van der Waals surface area (Å²) >= 11 is 0. The van der Waals surface area contributed by atoms with Crippen LogP contribution in [0.3, 0.4) is 0 Å². The highest BCUT2D eigenvalue weighted by Crippen LogP contribution is 2.17. The minimum absolute atomic E-state index is 0.0734. The molecule has 0 amide bonds. The molecular formula is C10H18O5. The number of hydrogen-bond donors (Lipinski definition) is 1. The first-order valence-electron chi connectivity index (χ1n) is 4.91. The molecule has 88 valence electrons. The third-order valence-corrected chi connectivity index (χ3v) is 2.19. The zero-order chi connectivity index (χ0) is 11.8. The molecule has 0 aliphatic rings. The van der Waals surface area contributed by atoms with Crippen molar-refractivity contribution < 1.29 is 24.2 Å². The molecule has 0 aromatic heterocycles. The van der Waals surface area contributed by atoms with Crippen LogP contribution in [0.25, 0.3) is 0 Å². The quantitative estimate of drug-likeness (QED) is 0.647. The topological polar surface area (TPSA) is 72.8 Å². The molecule has 0 aliphatic carbocycles. The molecule has 0 aromatic carbocycles. The first-order chi connectivity index (χ1) is 7.01. The lowest BCUT2D eigenvalue weighted by atomic mass is 9.96. The molecular weight excluding hydrogens is 200 g/mol. The Hall–Kier alpha value is -1.10. The summed E-state index contributed by atoms with van der Waals surface area (Å²) in [6.45, 7) is 4.09. The van der Waals surface area contributed by atoms with Gasteiger partial charge in [-0.2, -0.15) is 0 Å². The van der Waals surface area contributed by atoms with Gasteiger partial charge in [0.25, 0.3) is 0 Å². The number of rotatable bonds is 7. The minimum Gasteiger partial charge on any atom is -0.481 e. The van der Waals surface area contributed by atoms with Gasteiger partial charge in [-0.05, 0) is 13.8 Å². The molecule has 0 fully saturated rings. The molecule has 0 aromatic rings. The Labute approximate surface area is 89.4 Å². The molecule has 2 atom stereocenters. The van der Waals surface area contributed by atoms with E-state index in [9.17, 15) is 9.59 Å². The fourth-order valence-corrected chi connectivity index (χ4v) is 1.32. The number of methoxy groups -OCH3 is 1. The first-order valence-corrected chi connectivity index (χ1v) is 4.91. The van der Waals surface area contributed by atoms with Gasteiger partial charge in [-0.1, -0.05) is 0 Å². The van der Waals surface area contributed by atoms with E-state index in [1.807, 2.05) is 6.92 Å². The van der Waals surface area contributed by atoms with Crippen molar-refractivity contribution in [3.05, 3.63) is 0 Å². The van der Waals surface area contributed by atoms with Crippen molar-refractivity contribution in [2.24, 2.45) is 5.92 Å². The standard InChI is InChI=1S/C10H18O5/c1-4-15-7(2)8(5-9(11)12)6-10(13)14-3/h7-8H,4-6H2,1-3H3,(H,11,12). The summed E-state index contributed by atoms with van der Waals surface area (Å²) in [4.78, 5) is 21.6. The summed E-state index contributed by atoms with van der Waals surface area (Å²) in [6, 6.07) is 0. The highest BCUT2D eigenvalue weighted by atomic mass is 16.5. The smallest absolute Gasteiger partial charge is 0.305 e. The van der Waals surface area contributed by atoms with Crippen LogP contribution in [-0.4, -0.2) is 36.9 Å². The van der Waals surface area contributed by atoms with Crippen molar-refractivity contribution in [3.63, 3.8) is 0 Å². The number of carboxylic acids is 1. The van der Waals surface area contributed by atoms with Gasteiger partial charge in [0.1, 0.15) is 0 Å². The summed E-state index contributed by atoms with van der Waals surface area (Å²) in [5, 5.41) is 8.68. The average molecular weight is 218 g/mol. The van der Waals surface area contributed by atoms with Crippen LogP contribution in [0.15, 0.2) is 0 Å². The molecule has 0 spiro atoms. The van der Waals surface area contributed by atoms with E-state index in [0.717, 1.165) is 0 Å². The number of carbonyl (C=O) groups is 2. The van der Waals surface area contributed by atoms with Gasteiger partial charge in [-0.25, -0.2) is 0 Å². The fourth-order valence-electron chi connectivity index (χ4n) is 1.32. The maximum atomic E-state index is 11.0. The summed E-state index contributed by atoms with van der Waals surface area (Å²) in [6.07, 6.45) is -0.273. The van der Waals surface area contributed by atoms with Gasteiger partial charge < -0.3 is 14.6 Å². The number of carboxylic acid groups (broad SMARTS) is 1. The molecule has 0 saturated heterocycles. The van der Waals surface area contributed by atoms with Crippen LogP contribution in [0.5, 0.6) is 0 Å². The van der Waals surface area contributed by atoms with E-state index in [-0.39, 0.29) is 24.9 Å². The van der Waals surface area contributed by atoms with Gasteiger partial charge in [0.2, 0.25) is 0 Å². The number of esters is 1. The van der Waals surface area contributed by atoms with Gasteiger partial charge in [0, 0.05) is 12.5 Å². The highest BCUT2D eigenvalue weighted by Gasteiger charge is 2.24. The van der Waals surface area contributed by atoms with Crippen LogP contribution >= 0.6 is 0 Å². The highest BCUT2D eigenvalue weighted by molar-refractivity contribution is 5.72. The average Bonchev–Trinajstić information content (AvgIpc) is 2.16. The van der Waals surface area contributed by atoms with Crippen molar-refractivity contribution in [1.29, 1.82) is 0 Å². The zero-order valence-electron chi connectivity index (χ0n) is 9.36. The maximum Gasteiger partial charge on any atom is 0.305 e. The lowest BCUT2D eigenvalue weighted by molar-refractivity contribution is -0.145. The second-order valence-corrected chi connectivity index (χ2v) is 3.30. The SMILES string of the molecule is CCOC(C)C(CC(=O)O)CC(=O)OC. The molecule has 0 bridgehead atoms. The Bertz CT molecular complexity index is 214. The van der Waals surface area contributed by atoms with Crippen molar-refractivity contribution in [3.8, 4) is 0 Å². The normalized spacial score (nSPS) is 14.3. The van der Waals surface area contributed by atoms with E-state index < -0.39 is 11.9 Å². The van der Waals surface area contributed by atoms with Crippen LogP contribution in [-0.2, 0) is 19.1 Å². The van der Waals surface area contributed by atoms with Crippen molar-refractivity contribution in [1.82, 2.24) is 0 Å². The van der Waals surface area contributed by atoms with Gasteiger partial charge in [-0.15, -0.1) is 0 Å². The van der Waals surface area contributed by atoms with Crippen molar-refractivity contribution in [2.45, 2.75) is 32.8 Å². The predicted octanol–water partition coefficient (Wildman–Crippen LogP) is 1.07. The number of aliphatic carboxylic acids is 1. The van der Waals surface area contributed by atoms with Gasteiger partial charge in [-0.3, -0.25) is 9.59 Å². The minimum atomic E-state index is -0.935. The largest absolute Gasteiger partial charge is 0.481 e. The van der Waals surface area contributed by atoms with Crippen molar-refractivity contribution >= 4 is 11.9 Å². The Kier molecular flexibility index (Phi) is 6.70. The molecule has 15 heavy (non-hydrogen) atoms. The summed E-state index contributed by atoms with van der Waals surface area (Å²) in [7, 11) is 1.28. The Morgan fingerprint density at radius 1 is 1.33 bits per heavy atom. The summed E-state index contributed by atoms with van der Waals surface area (Å²) in [5.41, 5.74) is 0. The summed E-state index contributed by atoms with van der Waals surface area (Å²) < 4.78 is 9.78. The van der Waals surface area contributed by atoms with E-state index in [0.29, 0.717) is 6.61 Å². The van der Waals surface area contributed by atoms with Crippen molar-refractivity contribution in [2.75, 3.05) is 13.7 Å². The third-order valence-electron chi connectivity index (χ3n) is 2.19. The lowest BCUT2D eigenvalue weighted by Crippen LogP contribution is -2.26. The first kappa shape index (κ1) is 13.9. The number of carbonyl (C=O) groups excluding carboxylic acids is 1. The predicted molar refractivity (Wildman–Crippen MR) is 53.5 cm³/mol. The monoisotopic (exact) mass is 218 g/mol. The van der Waals surface area contributed by atoms with E-state index in [4.69, 9.17) is 9.84 Å². The maximum absolute atomic E-state index is 11.0. The molecule has 1 N–H and O–H groups in total. The molecule has 0 heterocycles. The Morgan fingerprint density at radius 2 is 1.93 bits per heavy atom.